The van der Waals surface area contributed by atoms with Crippen LogP contribution in [0.4, 0.5) is 5.82 Å². The molecule has 2 atom stereocenters. The Morgan fingerprint density at radius 1 is 1.33 bits per heavy atom. The molecule has 21 heavy (non-hydrogen) atoms. The van der Waals surface area contributed by atoms with Crippen LogP contribution in [0.3, 0.4) is 0 Å². The van der Waals surface area contributed by atoms with Gasteiger partial charge in [0.2, 0.25) is 0 Å². The van der Waals surface area contributed by atoms with Gasteiger partial charge in [0, 0.05) is 49.6 Å². The lowest BCUT2D eigenvalue weighted by Crippen LogP contribution is -2.37. The Bertz CT molecular complexity index is 624. The molecule has 1 aromatic carbocycles. The van der Waals surface area contributed by atoms with Crippen LogP contribution in [0.1, 0.15) is 18.0 Å². The Hall–Kier alpha value is -2.01. The van der Waals surface area contributed by atoms with Gasteiger partial charge in [0.1, 0.15) is 11.6 Å². The van der Waals surface area contributed by atoms with E-state index in [4.69, 9.17) is 4.74 Å². The molecule has 5 heteroatoms. The summed E-state index contributed by atoms with van der Waals surface area (Å²) >= 11 is 0. The second-order valence-electron chi connectivity index (χ2n) is 5.78. The maximum Gasteiger partial charge on any atom is 0.124 e. The number of aromatic nitrogens is 2. The second-order valence-corrected chi connectivity index (χ2v) is 5.78. The molecule has 0 radical (unpaired) electrons. The number of nitrogens with one attached hydrogen (secondary N) is 2. The first kappa shape index (κ1) is 12.7. The van der Waals surface area contributed by atoms with E-state index < -0.39 is 0 Å². The van der Waals surface area contributed by atoms with E-state index >= 15 is 0 Å². The van der Waals surface area contributed by atoms with E-state index in [-0.39, 0.29) is 0 Å². The molecule has 4 rings (SSSR count). The molecule has 0 saturated carbocycles. The summed E-state index contributed by atoms with van der Waals surface area (Å²) in [7, 11) is 0. The van der Waals surface area contributed by atoms with Crippen molar-refractivity contribution in [1.29, 1.82) is 0 Å². The highest BCUT2D eigenvalue weighted by Gasteiger charge is 2.23. The van der Waals surface area contributed by atoms with Gasteiger partial charge in [0.15, 0.2) is 0 Å². The topological polar surface area (TPSA) is 51.1 Å². The molecule has 0 spiro atoms. The molecule has 0 aliphatic carbocycles. The zero-order valence-electron chi connectivity index (χ0n) is 12.0. The molecular formula is C16H20N4O. The van der Waals surface area contributed by atoms with Crippen LogP contribution < -0.4 is 15.4 Å². The fraction of sp³-hybridized carbons (Fsp3) is 0.438. The minimum absolute atomic E-state index is 0.397. The van der Waals surface area contributed by atoms with Gasteiger partial charge in [-0.3, -0.25) is 0 Å². The lowest BCUT2D eigenvalue weighted by molar-refractivity contribution is 0.245. The van der Waals surface area contributed by atoms with Crippen LogP contribution in [0.5, 0.6) is 5.75 Å². The van der Waals surface area contributed by atoms with Crippen LogP contribution in [-0.2, 0) is 6.54 Å². The molecule has 2 aromatic rings. The Morgan fingerprint density at radius 3 is 3.29 bits per heavy atom. The summed E-state index contributed by atoms with van der Waals surface area (Å²) in [6, 6.07) is 10.8. The highest BCUT2D eigenvalue weighted by molar-refractivity contribution is 5.37. The summed E-state index contributed by atoms with van der Waals surface area (Å²) in [5.74, 6) is 2.72. The average molecular weight is 284 g/mol. The van der Waals surface area contributed by atoms with Crippen molar-refractivity contribution in [3.05, 3.63) is 42.1 Å². The summed E-state index contributed by atoms with van der Waals surface area (Å²) in [5.41, 5.74) is 1.28. The number of hydrogen-bond donors (Lipinski definition) is 2. The number of rotatable bonds is 3. The predicted molar refractivity (Wildman–Crippen MR) is 81.5 cm³/mol. The minimum atomic E-state index is 0.397. The van der Waals surface area contributed by atoms with Crippen molar-refractivity contribution < 1.29 is 4.74 Å². The summed E-state index contributed by atoms with van der Waals surface area (Å²) in [5, 5.41) is 11.5. The Morgan fingerprint density at radius 2 is 2.29 bits per heavy atom. The van der Waals surface area contributed by atoms with Gasteiger partial charge in [-0.25, -0.2) is 4.68 Å². The summed E-state index contributed by atoms with van der Waals surface area (Å²) in [6.45, 7) is 3.77. The van der Waals surface area contributed by atoms with Crippen molar-refractivity contribution in [2.24, 2.45) is 5.92 Å². The smallest absolute Gasteiger partial charge is 0.124 e. The Labute approximate surface area is 124 Å². The number of nitrogens with zero attached hydrogens (tertiary/aromatic N) is 2. The Balaban J connectivity index is 1.40. The van der Waals surface area contributed by atoms with E-state index in [1.165, 1.54) is 5.56 Å². The molecule has 2 aliphatic heterocycles. The van der Waals surface area contributed by atoms with Crippen molar-refractivity contribution in [2.45, 2.75) is 19.0 Å². The maximum absolute atomic E-state index is 5.72. The fourth-order valence-corrected chi connectivity index (χ4v) is 3.19. The van der Waals surface area contributed by atoms with Gasteiger partial charge in [0.25, 0.3) is 0 Å². The van der Waals surface area contributed by atoms with Gasteiger partial charge in [-0.2, -0.15) is 5.10 Å². The first-order valence-electron chi connectivity index (χ1n) is 7.61. The maximum atomic E-state index is 5.72. The first-order chi connectivity index (χ1) is 10.4. The predicted octanol–water partition coefficient (Wildman–Crippen LogP) is 2.04. The molecule has 0 amide bonds. The number of benzene rings is 1. The minimum Gasteiger partial charge on any atom is -0.493 e. The number of ether oxygens (including phenoxy) is 1. The number of para-hydroxylation sites is 1. The van der Waals surface area contributed by atoms with Gasteiger partial charge in [0.05, 0.1) is 12.8 Å². The molecule has 3 heterocycles. The van der Waals surface area contributed by atoms with Gasteiger partial charge in [-0.1, -0.05) is 18.2 Å². The molecule has 2 N–H and O–H groups in total. The van der Waals surface area contributed by atoms with E-state index in [2.05, 4.69) is 33.9 Å². The average Bonchev–Trinajstić information content (AvgIpc) is 3.00. The zero-order valence-corrected chi connectivity index (χ0v) is 12.0. The van der Waals surface area contributed by atoms with Crippen molar-refractivity contribution >= 4 is 5.82 Å². The van der Waals surface area contributed by atoms with Crippen LogP contribution in [0, 0.1) is 5.92 Å². The normalized spacial score (nSPS) is 23.6. The molecule has 110 valence electrons. The van der Waals surface area contributed by atoms with E-state index in [0.717, 1.165) is 44.2 Å². The standard InChI is InChI=1S/C16H20N4O/c1-2-4-15-13(3-1)14(6-8-21-15)17-9-12-10-18-16-5-7-19-20(16)11-12/h1-5,7,12,14,17-18H,6,8-11H2/t12-,14-/m1/s1. The highest BCUT2D eigenvalue weighted by atomic mass is 16.5. The first-order valence-corrected chi connectivity index (χ1v) is 7.61. The third kappa shape index (κ3) is 2.49. The molecule has 0 bridgehead atoms. The van der Waals surface area contributed by atoms with Crippen LogP contribution in [0.25, 0.3) is 0 Å². The van der Waals surface area contributed by atoms with E-state index in [9.17, 15) is 0 Å². The van der Waals surface area contributed by atoms with Crippen LogP contribution in [0.2, 0.25) is 0 Å². The van der Waals surface area contributed by atoms with Crippen molar-refractivity contribution in [1.82, 2.24) is 15.1 Å². The summed E-state index contributed by atoms with van der Waals surface area (Å²) in [6.07, 6.45) is 2.89. The zero-order chi connectivity index (χ0) is 14.1. The van der Waals surface area contributed by atoms with Gasteiger partial charge in [-0.05, 0) is 6.07 Å². The molecule has 2 aliphatic rings. The fourth-order valence-electron chi connectivity index (χ4n) is 3.19. The number of hydrogen-bond acceptors (Lipinski definition) is 4. The van der Waals surface area contributed by atoms with Crippen LogP contribution in [0.15, 0.2) is 36.5 Å². The van der Waals surface area contributed by atoms with Gasteiger partial charge < -0.3 is 15.4 Å². The summed E-state index contributed by atoms with van der Waals surface area (Å²) in [4.78, 5) is 0. The Kier molecular flexibility index (Phi) is 3.27. The van der Waals surface area contributed by atoms with E-state index in [1.807, 2.05) is 23.0 Å². The number of anilines is 1. The molecule has 1 aromatic heterocycles. The molecule has 5 nitrogen and oxygen atoms in total. The SMILES string of the molecule is c1ccc2c(c1)OCC[C@H]2NC[C@@H]1CNc2ccnn2C1. The van der Waals surface area contributed by atoms with Gasteiger partial charge in [-0.15, -0.1) is 0 Å². The van der Waals surface area contributed by atoms with Crippen LogP contribution >= 0.6 is 0 Å². The third-order valence-corrected chi connectivity index (χ3v) is 4.33. The second kappa shape index (κ2) is 5.41. The third-order valence-electron chi connectivity index (χ3n) is 4.33. The summed E-state index contributed by atoms with van der Waals surface area (Å²) < 4.78 is 7.76. The van der Waals surface area contributed by atoms with Crippen molar-refractivity contribution in [3.8, 4) is 5.75 Å². The molecular weight excluding hydrogens is 264 g/mol. The van der Waals surface area contributed by atoms with E-state index in [1.54, 1.807) is 0 Å². The van der Waals surface area contributed by atoms with Crippen molar-refractivity contribution in [3.63, 3.8) is 0 Å². The monoisotopic (exact) mass is 284 g/mol. The van der Waals surface area contributed by atoms with Crippen LogP contribution in [-0.4, -0.2) is 29.5 Å². The van der Waals surface area contributed by atoms with E-state index in [0.29, 0.717) is 12.0 Å². The lowest BCUT2D eigenvalue weighted by atomic mass is 9.99. The highest BCUT2D eigenvalue weighted by Crippen LogP contribution is 2.31. The van der Waals surface area contributed by atoms with Crippen molar-refractivity contribution in [2.75, 3.05) is 25.0 Å². The molecule has 0 unspecified atom stereocenters. The van der Waals surface area contributed by atoms with Gasteiger partial charge >= 0.3 is 0 Å². The molecule has 0 saturated heterocycles. The largest absolute Gasteiger partial charge is 0.493 e. The molecule has 0 fully saturated rings. The lowest BCUT2D eigenvalue weighted by Gasteiger charge is -2.30. The number of fused-ring (bicyclic) bond motifs is 2. The quantitative estimate of drug-likeness (QED) is 0.905.